The average Bonchev–Trinajstić information content (AvgIpc) is 2.85. The van der Waals surface area contributed by atoms with Crippen molar-refractivity contribution in [2.45, 2.75) is 13.5 Å². The fourth-order valence-corrected chi connectivity index (χ4v) is 1.85. The number of furan rings is 1. The van der Waals surface area contributed by atoms with Crippen LogP contribution >= 0.6 is 11.3 Å². The molecule has 0 amide bonds. The fraction of sp³-hybridized carbons (Fsp3) is 0.333. The maximum Gasteiger partial charge on any atom is 0.151 e. The number of hydrogen-bond acceptors (Lipinski definition) is 5. The zero-order chi connectivity index (χ0) is 9.80. The van der Waals surface area contributed by atoms with E-state index in [0.717, 1.165) is 28.7 Å². The van der Waals surface area contributed by atoms with Gasteiger partial charge in [-0.25, -0.2) is 0 Å². The minimum atomic E-state index is 0.784. The Labute approximate surface area is 86.0 Å². The molecular weight excluding hydrogens is 198 g/mol. The molecule has 0 fully saturated rings. The van der Waals surface area contributed by atoms with Gasteiger partial charge in [-0.3, -0.25) is 0 Å². The van der Waals surface area contributed by atoms with E-state index in [1.54, 1.807) is 23.9 Å². The highest BCUT2D eigenvalue weighted by Crippen LogP contribution is 2.23. The lowest BCUT2D eigenvalue weighted by atomic mass is 10.4. The van der Waals surface area contributed by atoms with Gasteiger partial charge in [0.2, 0.25) is 0 Å². The third kappa shape index (κ3) is 2.00. The molecule has 0 spiro atoms. The van der Waals surface area contributed by atoms with Gasteiger partial charge in [-0.1, -0.05) is 18.3 Å². The predicted molar refractivity (Wildman–Crippen MR) is 55.0 cm³/mol. The van der Waals surface area contributed by atoms with E-state index in [-0.39, 0.29) is 0 Å². The highest BCUT2D eigenvalue weighted by molar-refractivity contribution is 7.14. The standard InChI is InChI=1S/C9H11N3OS/c1-2-10-5-8-11-12-9(14-8)7-3-4-13-6-7/h3-4,6,10H,2,5H2,1H3. The number of nitrogens with zero attached hydrogens (tertiary/aromatic N) is 2. The maximum atomic E-state index is 4.98. The second kappa shape index (κ2) is 4.34. The lowest BCUT2D eigenvalue weighted by Crippen LogP contribution is -2.11. The lowest BCUT2D eigenvalue weighted by molar-refractivity contribution is 0.568. The fourth-order valence-electron chi connectivity index (χ4n) is 1.06. The summed E-state index contributed by atoms with van der Waals surface area (Å²) in [5, 5.41) is 13.3. The van der Waals surface area contributed by atoms with Crippen molar-refractivity contribution in [3.05, 3.63) is 23.6 Å². The van der Waals surface area contributed by atoms with Crippen molar-refractivity contribution in [3.8, 4) is 10.6 Å². The first-order chi connectivity index (χ1) is 6.90. The first-order valence-electron chi connectivity index (χ1n) is 4.46. The second-order valence-corrected chi connectivity index (χ2v) is 3.86. The van der Waals surface area contributed by atoms with Gasteiger partial charge in [0.1, 0.15) is 11.3 Å². The van der Waals surface area contributed by atoms with Crippen LogP contribution in [0.2, 0.25) is 0 Å². The van der Waals surface area contributed by atoms with Gasteiger partial charge < -0.3 is 9.73 Å². The molecule has 2 heterocycles. The van der Waals surface area contributed by atoms with Crippen LogP contribution in [-0.2, 0) is 6.54 Å². The Morgan fingerprint density at radius 2 is 2.43 bits per heavy atom. The minimum Gasteiger partial charge on any atom is -0.472 e. The van der Waals surface area contributed by atoms with Gasteiger partial charge in [0, 0.05) is 6.54 Å². The molecule has 74 valence electrons. The highest BCUT2D eigenvalue weighted by atomic mass is 32.1. The van der Waals surface area contributed by atoms with E-state index in [4.69, 9.17) is 4.42 Å². The van der Waals surface area contributed by atoms with Crippen LogP contribution in [0.15, 0.2) is 23.0 Å². The SMILES string of the molecule is CCNCc1nnc(-c2ccoc2)s1. The van der Waals surface area contributed by atoms with Crippen molar-refractivity contribution in [2.24, 2.45) is 0 Å². The van der Waals surface area contributed by atoms with Crippen LogP contribution in [-0.4, -0.2) is 16.7 Å². The van der Waals surface area contributed by atoms with Gasteiger partial charge in [0.05, 0.1) is 11.8 Å². The third-order valence-electron chi connectivity index (χ3n) is 1.76. The molecule has 0 saturated carbocycles. The predicted octanol–water partition coefficient (Wildman–Crippen LogP) is 1.91. The summed E-state index contributed by atoms with van der Waals surface area (Å²) in [6.07, 6.45) is 3.32. The molecule has 2 rings (SSSR count). The van der Waals surface area contributed by atoms with Crippen LogP contribution < -0.4 is 5.32 Å². The van der Waals surface area contributed by atoms with Gasteiger partial charge in [-0.15, -0.1) is 10.2 Å². The number of rotatable bonds is 4. The quantitative estimate of drug-likeness (QED) is 0.835. The summed E-state index contributed by atoms with van der Waals surface area (Å²) < 4.78 is 4.98. The number of nitrogens with one attached hydrogen (secondary N) is 1. The van der Waals surface area contributed by atoms with Gasteiger partial charge in [-0.2, -0.15) is 0 Å². The number of hydrogen-bond donors (Lipinski definition) is 1. The van der Waals surface area contributed by atoms with E-state index >= 15 is 0 Å². The Morgan fingerprint density at radius 1 is 1.50 bits per heavy atom. The van der Waals surface area contributed by atoms with E-state index in [2.05, 4.69) is 22.4 Å². The summed E-state index contributed by atoms with van der Waals surface area (Å²) >= 11 is 1.59. The maximum absolute atomic E-state index is 4.98. The third-order valence-corrected chi connectivity index (χ3v) is 2.73. The summed E-state index contributed by atoms with van der Waals surface area (Å²) in [6, 6.07) is 1.89. The second-order valence-electron chi connectivity index (χ2n) is 2.79. The Morgan fingerprint density at radius 3 is 3.14 bits per heavy atom. The van der Waals surface area contributed by atoms with Crippen molar-refractivity contribution in [1.82, 2.24) is 15.5 Å². The zero-order valence-corrected chi connectivity index (χ0v) is 8.67. The summed E-state index contributed by atoms with van der Waals surface area (Å²) in [4.78, 5) is 0. The van der Waals surface area contributed by atoms with Crippen LogP contribution in [0, 0.1) is 0 Å². The lowest BCUT2D eigenvalue weighted by Gasteiger charge is -1.93. The van der Waals surface area contributed by atoms with Gasteiger partial charge in [0.15, 0.2) is 5.01 Å². The molecule has 2 aromatic heterocycles. The molecule has 0 radical (unpaired) electrons. The Balaban J connectivity index is 2.10. The van der Waals surface area contributed by atoms with Crippen molar-refractivity contribution in [2.75, 3.05) is 6.54 Å². The summed E-state index contributed by atoms with van der Waals surface area (Å²) in [7, 11) is 0. The topological polar surface area (TPSA) is 51.0 Å². The smallest absolute Gasteiger partial charge is 0.151 e. The summed E-state index contributed by atoms with van der Waals surface area (Å²) in [5.41, 5.74) is 0.991. The van der Waals surface area contributed by atoms with E-state index in [1.165, 1.54) is 0 Å². The van der Waals surface area contributed by atoms with Crippen LogP contribution in [0.3, 0.4) is 0 Å². The van der Waals surface area contributed by atoms with Gasteiger partial charge in [0.25, 0.3) is 0 Å². The Bertz CT molecular complexity index is 382. The van der Waals surface area contributed by atoms with Crippen LogP contribution in [0.25, 0.3) is 10.6 Å². The van der Waals surface area contributed by atoms with Gasteiger partial charge >= 0.3 is 0 Å². The number of aromatic nitrogens is 2. The van der Waals surface area contributed by atoms with Crippen LogP contribution in [0.5, 0.6) is 0 Å². The molecule has 14 heavy (non-hydrogen) atoms. The normalized spacial score (nSPS) is 10.6. The first kappa shape index (κ1) is 9.36. The van der Waals surface area contributed by atoms with E-state index in [9.17, 15) is 0 Å². The molecule has 0 atom stereocenters. The van der Waals surface area contributed by atoms with Crippen molar-refractivity contribution in [3.63, 3.8) is 0 Å². The molecular formula is C9H11N3OS. The molecule has 4 nitrogen and oxygen atoms in total. The molecule has 0 aliphatic heterocycles. The molecule has 0 saturated heterocycles. The average molecular weight is 209 g/mol. The molecule has 0 aliphatic rings. The van der Waals surface area contributed by atoms with Crippen LogP contribution in [0.1, 0.15) is 11.9 Å². The molecule has 2 aromatic rings. The minimum absolute atomic E-state index is 0.784. The Kier molecular flexibility index (Phi) is 2.90. The zero-order valence-electron chi connectivity index (χ0n) is 7.86. The Hall–Kier alpha value is -1.20. The summed E-state index contributed by atoms with van der Waals surface area (Å²) in [5.74, 6) is 0. The summed E-state index contributed by atoms with van der Waals surface area (Å²) in [6.45, 7) is 3.80. The molecule has 0 aliphatic carbocycles. The molecule has 0 unspecified atom stereocenters. The van der Waals surface area contributed by atoms with Crippen molar-refractivity contribution < 1.29 is 4.42 Å². The van der Waals surface area contributed by atoms with Crippen molar-refractivity contribution in [1.29, 1.82) is 0 Å². The van der Waals surface area contributed by atoms with Crippen LogP contribution in [0.4, 0.5) is 0 Å². The van der Waals surface area contributed by atoms with E-state index in [0.29, 0.717) is 0 Å². The largest absolute Gasteiger partial charge is 0.472 e. The van der Waals surface area contributed by atoms with Gasteiger partial charge in [-0.05, 0) is 12.6 Å². The molecule has 0 aromatic carbocycles. The van der Waals surface area contributed by atoms with E-state index in [1.807, 2.05) is 6.07 Å². The molecule has 0 bridgehead atoms. The monoisotopic (exact) mass is 209 g/mol. The highest BCUT2D eigenvalue weighted by Gasteiger charge is 2.06. The van der Waals surface area contributed by atoms with Crippen molar-refractivity contribution >= 4 is 11.3 Å². The molecule has 5 heteroatoms. The molecule has 1 N–H and O–H groups in total. The van der Waals surface area contributed by atoms with E-state index < -0.39 is 0 Å². The first-order valence-corrected chi connectivity index (χ1v) is 5.27.